The molecule has 9 nitrogen and oxygen atoms in total. The molecule has 3 aromatic rings. The summed E-state index contributed by atoms with van der Waals surface area (Å²) in [6.45, 7) is 3.36. The molecular weight excluding hydrogens is 472 g/mol. The monoisotopic (exact) mass is 482 g/mol. The van der Waals surface area contributed by atoms with Crippen molar-refractivity contribution in [3.05, 3.63) is 55.0 Å². The highest BCUT2D eigenvalue weighted by Crippen LogP contribution is 2.44. The topological polar surface area (TPSA) is 147 Å². The molecule has 0 bridgehead atoms. The van der Waals surface area contributed by atoms with Gasteiger partial charge in [-0.25, -0.2) is 9.78 Å². The van der Waals surface area contributed by atoms with Crippen LogP contribution in [0.2, 0.25) is 5.02 Å². The Morgan fingerprint density at radius 2 is 1.97 bits per heavy atom. The van der Waals surface area contributed by atoms with E-state index in [1.54, 1.807) is 13.8 Å². The Hall–Kier alpha value is -3.11. The molecule has 3 N–H and O–H groups in total. The number of aryl methyl sites for hydroxylation is 1. The Morgan fingerprint density at radius 1 is 1.31 bits per heavy atom. The fourth-order valence-corrected chi connectivity index (χ4v) is 3.80. The number of nitro benzene ring substituents is 1. The van der Waals surface area contributed by atoms with Crippen molar-refractivity contribution < 1.29 is 29.5 Å². The molecule has 0 saturated heterocycles. The molecule has 0 aliphatic rings. The van der Waals surface area contributed by atoms with E-state index in [0.717, 1.165) is 18.4 Å². The lowest BCUT2D eigenvalue weighted by Gasteiger charge is -2.11. The summed E-state index contributed by atoms with van der Waals surface area (Å²) in [5.41, 5.74) is 0.206. The number of rotatable bonds is 4. The minimum Gasteiger partial charge on any atom is -0.504 e. The van der Waals surface area contributed by atoms with Gasteiger partial charge in [-0.3, -0.25) is 10.1 Å². The van der Waals surface area contributed by atoms with Crippen molar-refractivity contribution in [1.82, 2.24) is 4.98 Å². The van der Waals surface area contributed by atoms with Gasteiger partial charge in [-0.05, 0) is 47.0 Å². The third-order valence-electron chi connectivity index (χ3n) is 4.30. The van der Waals surface area contributed by atoms with Crippen LogP contribution >= 0.6 is 27.5 Å². The summed E-state index contributed by atoms with van der Waals surface area (Å²) in [6, 6.07) is 1.95. The quantitative estimate of drug-likeness (QED) is 0.202. The number of pyridine rings is 1. The third kappa shape index (κ3) is 3.40. The molecule has 0 atom stereocenters. The van der Waals surface area contributed by atoms with Crippen LogP contribution in [0.1, 0.15) is 21.6 Å². The van der Waals surface area contributed by atoms with Gasteiger partial charge in [0.15, 0.2) is 11.5 Å². The van der Waals surface area contributed by atoms with E-state index in [9.17, 15) is 30.2 Å². The van der Waals surface area contributed by atoms with Gasteiger partial charge in [0.1, 0.15) is 10.2 Å². The highest BCUT2D eigenvalue weighted by molar-refractivity contribution is 9.10. The van der Waals surface area contributed by atoms with Crippen LogP contribution in [-0.2, 0) is 0 Å². The average molecular weight is 484 g/mol. The zero-order valence-corrected chi connectivity index (χ0v) is 17.2. The first-order valence-corrected chi connectivity index (χ1v) is 9.09. The molecule has 11 heteroatoms. The Morgan fingerprint density at radius 3 is 2.55 bits per heavy atom. The maximum atomic E-state index is 12.0. The summed E-state index contributed by atoms with van der Waals surface area (Å²) >= 11 is 9.53. The molecular formula is C18H12BrClN2O7. The first kappa shape index (κ1) is 20.6. The third-order valence-corrected chi connectivity index (χ3v) is 5.43. The molecule has 0 spiro atoms. The van der Waals surface area contributed by atoms with Crippen LogP contribution in [0.15, 0.2) is 27.4 Å². The number of benzene rings is 1. The number of nitrogens with zero attached hydrogens (tertiary/aromatic N) is 2. The van der Waals surface area contributed by atoms with Crippen LogP contribution in [0.4, 0.5) is 5.69 Å². The molecule has 0 unspecified atom stereocenters. The van der Waals surface area contributed by atoms with E-state index >= 15 is 0 Å². The van der Waals surface area contributed by atoms with Gasteiger partial charge in [-0.1, -0.05) is 11.6 Å². The fraction of sp³-hybridized carbons (Fsp3) is 0.111. The van der Waals surface area contributed by atoms with Gasteiger partial charge in [-0.2, -0.15) is 0 Å². The SMILES string of the molecule is Cc1nc(Br)c(-c2occ(-c3cc(O)c(O)c([N+](=O)[O-])c3)c2C(=O)O)c(C)c1Cl. The maximum absolute atomic E-state index is 12.0. The number of aromatic carboxylic acids is 1. The number of carbonyl (C=O) groups is 1. The van der Waals surface area contributed by atoms with Gasteiger partial charge >= 0.3 is 11.7 Å². The minimum absolute atomic E-state index is 0.0284. The van der Waals surface area contributed by atoms with E-state index in [1.807, 2.05) is 0 Å². The summed E-state index contributed by atoms with van der Waals surface area (Å²) in [7, 11) is 0. The second kappa shape index (κ2) is 7.37. The number of hydrogen-bond donors (Lipinski definition) is 3. The molecule has 1 aromatic carbocycles. The van der Waals surface area contributed by atoms with Gasteiger partial charge in [0.2, 0.25) is 5.75 Å². The Kier molecular flexibility index (Phi) is 5.24. The smallest absolute Gasteiger partial charge is 0.340 e. The van der Waals surface area contributed by atoms with E-state index in [0.29, 0.717) is 26.4 Å². The van der Waals surface area contributed by atoms with Crippen LogP contribution in [0.3, 0.4) is 0 Å². The van der Waals surface area contributed by atoms with Crippen molar-refractivity contribution in [2.45, 2.75) is 13.8 Å². The fourth-order valence-electron chi connectivity index (χ4n) is 2.92. The molecule has 3 rings (SSSR count). The summed E-state index contributed by atoms with van der Waals surface area (Å²) in [5, 5.41) is 40.7. The molecule has 0 aliphatic carbocycles. The average Bonchev–Trinajstić information content (AvgIpc) is 3.06. The predicted molar refractivity (Wildman–Crippen MR) is 107 cm³/mol. The summed E-state index contributed by atoms with van der Waals surface area (Å²) in [4.78, 5) is 26.5. The second-order valence-electron chi connectivity index (χ2n) is 6.08. The van der Waals surface area contributed by atoms with Gasteiger partial charge in [0.05, 0.1) is 27.5 Å². The Balaban J connectivity index is 2.33. The molecule has 0 radical (unpaired) electrons. The van der Waals surface area contributed by atoms with E-state index in [4.69, 9.17) is 16.0 Å². The minimum atomic E-state index is -1.37. The first-order valence-electron chi connectivity index (χ1n) is 7.92. The Bertz CT molecular complexity index is 1190. The zero-order valence-electron chi connectivity index (χ0n) is 14.9. The molecule has 0 amide bonds. The summed E-state index contributed by atoms with van der Waals surface area (Å²) < 4.78 is 5.81. The molecule has 0 aliphatic heterocycles. The lowest BCUT2D eigenvalue weighted by Crippen LogP contribution is -2.02. The van der Waals surface area contributed by atoms with Crippen LogP contribution in [-0.4, -0.2) is 31.2 Å². The highest BCUT2D eigenvalue weighted by atomic mass is 79.9. The van der Waals surface area contributed by atoms with Gasteiger partial charge < -0.3 is 19.7 Å². The summed E-state index contributed by atoms with van der Waals surface area (Å²) in [5.74, 6) is -3.14. The number of phenolic OH excluding ortho intramolecular Hbond substituents is 2. The van der Waals surface area contributed by atoms with E-state index in [2.05, 4.69) is 20.9 Å². The van der Waals surface area contributed by atoms with Gasteiger partial charge in [0, 0.05) is 11.6 Å². The van der Waals surface area contributed by atoms with Crippen LogP contribution in [0, 0.1) is 24.0 Å². The molecule has 2 heterocycles. The number of halogens is 2. The number of aromatic nitrogens is 1. The number of furan rings is 1. The number of phenols is 2. The van der Waals surface area contributed by atoms with Crippen molar-refractivity contribution in [3.8, 4) is 33.9 Å². The number of aromatic hydroxyl groups is 2. The lowest BCUT2D eigenvalue weighted by molar-refractivity contribution is -0.385. The van der Waals surface area contributed by atoms with Crippen molar-refractivity contribution in [2.24, 2.45) is 0 Å². The zero-order chi connectivity index (χ0) is 21.6. The molecule has 0 saturated carbocycles. The van der Waals surface area contributed by atoms with Gasteiger partial charge in [-0.15, -0.1) is 0 Å². The van der Waals surface area contributed by atoms with Crippen molar-refractivity contribution in [3.63, 3.8) is 0 Å². The predicted octanol–water partition coefficient (Wildman–Crippen LogP) is 5.06. The maximum Gasteiger partial charge on any atom is 0.340 e. The van der Waals surface area contributed by atoms with Crippen molar-refractivity contribution in [2.75, 3.05) is 0 Å². The normalized spacial score (nSPS) is 10.9. The molecule has 0 fully saturated rings. The first-order chi connectivity index (χ1) is 13.5. The number of carboxylic acids is 1. The molecule has 150 valence electrons. The highest BCUT2D eigenvalue weighted by Gasteiger charge is 2.29. The largest absolute Gasteiger partial charge is 0.504 e. The van der Waals surface area contributed by atoms with Crippen molar-refractivity contribution in [1.29, 1.82) is 0 Å². The van der Waals surface area contributed by atoms with Crippen molar-refractivity contribution >= 4 is 39.2 Å². The molecule has 29 heavy (non-hydrogen) atoms. The van der Waals surface area contributed by atoms with Gasteiger partial charge in [0.25, 0.3) is 0 Å². The number of carboxylic acid groups (broad SMARTS) is 1. The van der Waals surface area contributed by atoms with E-state index in [-0.39, 0.29) is 22.5 Å². The number of hydrogen-bond acceptors (Lipinski definition) is 7. The van der Waals surface area contributed by atoms with Crippen LogP contribution < -0.4 is 0 Å². The summed E-state index contributed by atoms with van der Waals surface area (Å²) in [6.07, 6.45) is 1.09. The second-order valence-corrected chi connectivity index (χ2v) is 7.21. The lowest BCUT2D eigenvalue weighted by atomic mass is 9.98. The Labute approximate surface area is 176 Å². The molecule has 2 aromatic heterocycles. The van der Waals surface area contributed by atoms with Crippen LogP contribution in [0.5, 0.6) is 11.5 Å². The van der Waals surface area contributed by atoms with Crippen LogP contribution in [0.25, 0.3) is 22.5 Å². The van der Waals surface area contributed by atoms with E-state index in [1.165, 1.54) is 0 Å². The standard InChI is InChI=1S/C18H12BrClN2O7/c1-6-12(17(19)21-7(2)14(6)20)16-13(18(25)26)9(5-29-16)8-3-10(22(27)28)15(24)11(23)4-8/h3-5,23-24H,1-2H3,(H,25,26). The van der Waals surface area contributed by atoms with E-state index < -0.39 is 28.1 Å². The number of nitro groups is 1.